The van der Waals surface area contributed by atoms with Crippen LogP contribution in [0.2, 0.25) is 10.0 Å². The minimum Gasteiger partial charge on any atom is -0.436 e. The standard InChI is InChI=1S/C22H10BrCl2N3O4S/c23-10-4-6-14(24)13(8-10)22-27-15-9-11(5-7-17(15)32-22)26-21(29)20-18(25)12-2-1-3-16(28(30)31)19(12)33-20/h1-9H,(H,26,29). The Morgan fingerprint density at radius 2 is 1.97 bits per heavy atom. The average Bonchev–Trinajstić information content (AvgIpc) is 3.36. The summed E-state index contributed by atoms with van der Waals surface area (Å²) >= 11 is 17.0. The van der Waals surface area contributed by atoms with E-state index in [9.17, 15) is 14.9 Å². The SMILES string of the molecule is O=C(Nc1ccc2oc(-c3cc(Br)ccc3Cl)nc2c1)c1sc2c([N+](=O)[O-])cccc2c1Cl. The van der Waals surface area contributed by atoms with Gasteiger partial charge in [-0.25, -0.2) is 4.98 Å². The number of anilines is 1. The monoisotopic (exact) mass is 561 g/mol. The van der Waals surface area contributed by atoms with Crippen molar-refractivity contribution in [1.82, 2.24) is 4.98 Å². The van der Waals surface area contributed by atoms with Gasteiger partial charge >= 0.3 is 0 Å². The molecule has 3 aromatic carbocycles. The summed E-state index contributed by atoms with van der Waals surface area (Å²) in [6, 6.07) is 14.9. The van der Waals surface area contributed by atoms with E-state index in [-0.39, 0.29) is 15.6 Å². The zero-order valence-electron chi connectivity index (χ0n) is 16.3. The van der Waals surface area contributed by atoms with E-state index in [0.29, 0.717) is 43.4 Å². The van der Waals surface area contributed by atoms with Crippen molar-refractivity contribution < 1.29 is 14.1 Å². The number of non-ortho nitro benzene ring substituents is 1. The number of carbonyl (C=O) groups is 1. The smallest absolute Gasteiger partial charge is 0.287 e. The van der Waals surface area contributed by atoms with Crippen molar-refractivity contribution in [3.8, 4) is 11.5 Å². The summed E-state index contributed by atoms with van der Waals surface area (Å²) in [7, 11) is 0. The molecular weight excluding hydrogens is 553 g/mol. The van der Waals surface area contributed by atoms with Crippen LogP contribution >= 0.6 is 50.5 Å². The van der Waals surface area contributed by atoms with Crippen molar-refractivity contribution >= 4 is 88.9 Å². The molecule has 0 aliphatic carbocycles. The number of halogens is 3. The molecule has 7 nitrogen and oxygen atoms in total. The molecule has 164 valence electrons. The number of oxazole rings is 1. The zero-order valence-corrected chi connectivity index (χ0v) is 20.2. The Kier molecular flexibility index (Phi) is 5.57. The van der Waals surface area contributed by atoms with E-state index >= 15 is 0 Å². The van der Waals surface area contributed by atoms with Crippen molar-refractivity contribution in [3.63, 3.8) is 0 Å². The highest BCUT2D eigenvalue weighted by Crippen LogP contribution is 2.40. The molecule has 5 rings (SSSR count). The maximum atomic E-state index is 12.9. The number of hydrogen-bond acceptors (Lipinski definition) is 6. The van der Waals surface area contributed by atoms with Crippen molar-refractivity contribution in [2.75, 3.05) is 5.32 Å². The third-order valence-corrected chi connectivity index (χ3v) is 7.40. The van der Waals surface area contributed by atoms with Crippen LogP contribution in [0.3, 0.4) is 0 Å². The lowest BCUT2D eigenvalue weighted by Gasteiger charge is -2.03. The number of benzene rings is 3. The highest BCUT2D eigenvalue weighted by atomic mass is 79.9. The number of nitrogens with zero attached hydrogens (tertiary/aromatic N) is 2. The highest BCUT2D eigenvalue weighted by Gasteiger charge is 2.23. The molecule has 1 amide bonds. The number of nitro groups is 1. The van der Waals surface area contributed by atoms with Gasteiger partial charge in [0.05, 0.1) is 20.5 Å². The molecule has 0 spiro atoms. The van der Waals surface area contributed by atoms with Crippen LogP contribution in [0.1, 0.15) is 9.67 Å². The van der Waals surface area contributed by atoms with Crippen molar-refractivity contribution in [2.45, 2.75) is 0 Å². The van der Waals surface area contributed by atoms with Gasteiger partial charge in [0.25, 0.3) is 11.6 Å². The lowest BCUT2D eigenvalue weighted by molar-refractivity contribution is -0.382. The second-order valence-electron chi connectivity index (χ2n) is 6.94. The first-order chi connectivity index (χ1) is 15.8. The van der Waals surface area contributed by atoms with Gasteiger partial charge in [-0.05, 0) is 36.4 Å². The van der Waals surface area contributed by atoms with Crippen LogP contribution < -0.4 is 5.32 Å². The first kappa shape index (κ1) is 21.8. The predicted molar refractivity (Wildman–Crippen MR) is 134 cm³/mol. The molecule has 33 heavy (non-hydrogen) atoms. The Morgan fingerprint density at radius 3 is 2.76 bits per heavy atom. The molecule has 0 fully saturated rings. The molecule has 0 aliphatic heterocycles. The number of thiophene rings is 1. The van der Waals surface area contributed by atoms with Gasteiger partial charge in [0, 0.05) is 21.6 Å². The fraction of sp³-hybridized carbons (Fsp3) is 0. The third-order valence-electron chi connectivity index (χ3n) is 4.84. The quantitative estimate of drug-likeness (QED) is 0.177. The summed E-state index contributed by atoms with van der Waals surface area (Å²) in [6.07, 6.45) is 0. The molecule has 2 aromatic heterocycles. The molecule has 0 aliphatic rings. The molecule has 0 bridgehead atoms. The van der Waals surface area contributed by atoms with Crippen LogP contribution in [0.5, 0.6) is 0 Å². The van der Waals surface area contributed by atoms with E-state index in [1.165, 1.54) is 12.1 Å². The molecule has 5 aromatic rings. The summed E-state index contributed by atoms with van der Waals surface area (Å²) in [5.74, 6) is -0.131. The van der Waals surface area contributed by atoms with Crippen LogP contribution in [0.25, 0.3) is 32.6 Å². The fourth-order valence-corrected chi connectivity index (χ4v) is 5.38. The molecule has 11 heteroatoms. The van der Waals surface area contributed by atoms with Crippen LogP contribution in [0.15, 0.2) is 63.5 Å². The summed E-state index contributed by atoms with van der Waals surface area (Å²) < 4.78 is 7.00. The number of amides is 1. The first-order valence-corrected chi connectivity index (χ1v) is 11.7. The number of hydrogen-bond donors (Lipinski definition) is 1. The van der Waals surface area contributed by atoms with Crippen LogP contribution in [-0.2, 0) is 0 Å². The Morgan fingerprint density at radius 1 is 1.15 bits per heavy atom. The number of fused-ring (bicyclic) bond motifs is 2. The maximum Gasteiger partial charge on any atom is 0.287 e. The lowest BCUT2D eigenvalue weighted by atomic mass is 10.2. The molecule has 0 atom stereocenters. The largest absolute Gasteiger partial charge is 0.436 e. The van der Waals surface area contributed by atoms with Gasteiger partial charge in [-0.15, -0.1) is 11.3 Å². The number of carbonyl (C=O) groups excluding carboxylic acids is 1. The number of nitro benzene ring substituents is 1. The Bertz CT molecular complexity index is 1600. The molecule has 2 heterocycles. The normalized spacial score (nSPS) is 11.2. The van der Waals surface area contributed by atoms with E-state index in [4.69, 9.17) is 27.6 Å². The van der Waals surface area contributed by atoms with Gasteiger partial charge in [-0.2, -0.15) is 0 Å². The maximum absolute atomic E-state index is 12.9. The van der Waals surface area contributed by atoms with E-state index in [2.05, 4.69) is 26.2 Å². The molecule has 0 radical (unpaired) electrons. The van der Waals surface area contributed by atoms with Crippen LogP contribution in [0.4, 0.5) is 11.4 Å². The molecule has 0 saturated carbocycles. The van der Waals surface area contributed by atoms with Gasteiger partial charge in [0.2, 0.25) is 5.89 Å². The average molecular weight is 563 g/mol. The third kappa shape index (κ3) is 3.97. The van der Waals surface area contributed by atoms with Gasteiger partial charge in [-0.1, -0.05) is 51.3 Å². The van der Waals surface area contributed by atoms with Crippen LogP contribution in [0, 0.1) is 10.1 Å². The van der Waals surface area contributed by atoms with E-state index in [1.54, 1.807) is 36.4 Å². The minimum absolute atomic E-state index is 0.0961. The zero-order chi connectivity index (χ0) is 23.3. The number of nitrogens with one attached hydrogen (secondary N) is 1. The van der Waals surface area contributed by atoms with Crippen molar-refractivity contribution in [2.24, 2.45) is 0 Å². The van der Waals surface area contributed by atoms with E-state index < -0.39 is 10.8 Å². The second-order valence-corrected chi connectivity index (χ2v) is 9.66. The van der Waals surface area contributed by atoms with Gasteiger partial charge in [0.15, 0.2) is 5.58 Å². The van der Waals surface area contributed by atoms with Crippen LogP contribution in [-0.4, -0.2) is 15.8 Å². The molecule has 0 saturated heterocycles. The van der Waals surface area contributed by atoms with Gasteiger partial charge < -0.3 is 9.73 Å². The Hall–Kier alpha value is -2.98. The van der Waals surface area contributed by atoms with Gasteiger partial charge in [0.1, 0.15) is 15.1 Å². The Labute approximate surface area is 208 Å². The minimum atomic E-state index is -0.496. The van der Waals surface area contributed by atoms with E-state index in [0.717, 1.165) is 15.8 Å². The molecular formula is C22H10BrCl2N3O4S. The number of rotatable bonds is 4. The Balaban J connectivity index is 1.48. The summed E-state index contributed by atoms with van der Waals surface area (Å²) in [6.45, 7) is 0. The summed E-state index contributed by atoms with van der Waals surface area (Å²) in [5, 5.41) is 15.2. The second kappa shape index (κ2) is 8.42. The molecule has 0 unspecified atom stereocenters. The van der Waals surface area contributed by atoms with Gasteiger partial charge in [-0.3, -0.25) is 14.9 Å². The lowest BCUT2D eigenvalue weighted by Crippen LogP contribution is -2.10. The topological polar surface area (TPSA) is 98.3 Å². The van der Waals surface area contributed by atoms with Crippen molar-refractivity contribution in [1.29, 1.82) is 0 Å². The van der Waals surface area contributed by atoms with E-state index in [1.807, 2.05) is 6.07 Å². The predicted octanol–water partition coefficient (Wildman–Crippen LogP) is 7.94. The summed E-state index contributed by atoms with van der Waals surface area (Å²) in [5.41, 5.74) is 2.05. The van der Waals surface area contributed by atoms with Crippen molar-refractivity contribution in [3.05, 3.63) is 84.1 Å². The highest BCUT2D eigenvalue weighted by molar-refractivity contribution is 9.10. The molecule has 1 N–H and O–H groups in total. The number of aromatic nitrogens is 1. The first-order valence-electron chi connectivity index (χ1n) is 9.34. The fourth-order valence-electron chi connectivity index (χ4n) is 3.33. The summed E-state index contributed by atoms with van der Waals surface area (Å²) in [4.78, 5) is 28.4.